The number of fused-ring (bicyclic) bond motifs is 1. The van der Waals surface area contributed by atoms with Gasteiger partial charge in [-0.05, 0) is 45.4 Å². The Balaban J connectivity index is 1.84. The lowest BCUT2D eigenvalue weighted by Gasteiger charge is -2.28. The second-order valence-corrected chi connectivity index (χ2v) is 8.34. The van der Waals surface area contributed by atoms with Gasteiger partial charge in [0.2, 0.25) is 10.0 Å². The first kappa shape index (κ1) is 16.1. The van der Waals surface area contributed by atoms with Crippen molar-refractivity contribution in [1.82, 2.24) is 10.0 Å². The fraction of sp³-hybridized carbons (Fsp3) is 0.600. The Morgan fingerprint density at radius 1 is 1.36 bits per heavy atom. The molecule has 0 spiro atoms. The standard InChI is InChI=1S/C15H21ClN2O3S/c1-9-5-12(3-4-17-9)18-22(19,20)13-7-11-6-10(2)21-15(11)14(16)8-13/h7-10,12,17-18H,3-6H2,1-2H3. The zero-order valence-corrected chi connectivity index (χ0v) is 14.3. The number of halogens is 1. The van der Waals surface area contributed by atoms with Crippen molar-refractivity contribution >= 4 is 21.6 Å². The van der Waals surface area contributed by atoms with Crippen LogP contribution in [0.5, 0.6) is 5.75 Å². The van der Waals surface area contributed by atoms with Crippen molar-refractivity contribution in [2.75, 3.05) is 6.54 Å². The highest BCUT2D eigenvalue weighted by atomic mass is 35.5. The first-order chi connectivity index (χ1) is 10.3. The predicted octanol–water partition coefficient (Wildman–Crippen LogP) is 2.08. The molecule has 1 aromatic carbocycles. The molecular weight excluding hydrogens is 324 g/mol. The molecule has 3 unspecified atom stereocenters. The highest BCUT2D eigenvalue weighted by molar-refractivity contribution is 7.89. The molecule has 2 heterocycles. The Hall–Kier alpha value is -0.820. The van der Waals surface area contributed by atoms with Crippen LogP contribution in [0.1, 0.15) is 32.3 Å². The van der Waals surface area contributed by atoms with Crippen molar-refractivity contribution in [3.63, 3.8) is 0 Å². The third kappa shape index (κ3) is 3.25. The second-order valence-electron chi connectivity index (χ2n) is 6.22. The average Bonchev–Trinajstić information content (AvgIpc) is 2.79. The summed E-state index contributed by atoms with van der Waals surface area (Å²) >= 11 is 6.18. The van der Waals surface area contributed by atoms with E-state index in [1.54, 1.807) is 6.07 Å². The van der Waals surface area contributed by atoms with Crippen molar-refractivity contribution in [3.05, 3.63) is 22.7 Å². The zero-order chi connectivity index (χ0) is 15.9. The molecule has 1 fully saturated rings. The normalized spacial score (nSPS) is 28.2. The van der Waals surface area contributed by atoms with Crippen molar-refractivity contribution in [3.8, 4) is 5.75 Å². The van der Waals surface area contributed by atoms with E-state index in [1.807, 2.05) is 6.92 Å². The highest BCUT2D eigenvalue weighted by Gasteiger charge is 2.28. The maximum atomic E-state index is 12.6. The van der Waals surface area contributed by atoms with Crippen molar-refractivity contribution < 1.29 is 13.2 Å². The molecule has 22 heavy (non-hydrogen) atoms. The molecule has 0 aliphatic carbocycles. The topological polar surface area (TPSA) is 67.4 Å². The minimum Gasteiger partial charge on any atom is -0.489 e. The highest BCUT2D eigenvalue weighted by Crippen LogP contribution is 2.38. The van der Waals surface area contributed by atoms with E-state index >= 15 is 0 Å². The summed E-state index contributed by atoms with van der Waals surface area (Å²) in [6.45, 7) is 4.83. The van der Waals surface area contributed by atoms with Gasteiger partial charge in [0.25, 0.3) is 0 Å². The number of rotatable bonds is 3. The number of sulfonamides is 1. The van der Waals surface area contributed by atoms with Crippen molar-refractivity contribution in [2.24, 2.45) is 0 Å². The van der Waals surface area contributed by atoms with Gasteiger partial charge in [-0.1, -0.05) is 11.6 Å². The maximum absolute atomic E-state index is 12.6. The van der Waals surface area contributed by atoms with Gasteiger partial charge in [-0.25, -0.2) is 13.1 Å². The van der Waals surface area contributed by atoms with Gasteiger partial charge in [0.1, 0.15) is 11.9 Å². The number of benzene rings is 1. The molecule has 7 heteroatoms. The average molecular weight is 345 g/mol. The Bertz CT molecular complexity index is 678. The van der Waals surface area contributed by atoms with Gasteiger partial charge in [-0.2, -0.15) is 0 Å². The molecule has 0 bridgehead atoms. The summed E-state index contributed by atoms with van der Waals surface area (Å²) in [7, 11) is -3.56. The summed E-state index contributed by atoms with van der Waals surface area (Å²) in [5, 5.41) is 3.67. The van der Waals surface area contributed by atoms with Gasteiger partial charge in [0.15, 0.2) is 0 Å². The Morgan fingerprint density at radius 3 is 2.86 bits per heavy atom. The second kappa shape index (κ2) is 6.00. The van der Waals surface area contributed by atoms with Crippen molar-refractivity contribution in [1.29, 1.82) is 0 Å². The Labute approximate surface area is 136 Å². The molecule has 2 aliphatic rings. The van der Waals surface area contributed by atoms with Gasteiger partial charge >= 0.3 is 0 Å². The lowest BCUT2D eigenvalue weighted by molar-refractivity contribution is 0.255. The van der Waals surface area contributed by atoms with Crippen LogP contribution in [0.25, 0.3) is 0 Å². The molecule has 3 rings (SSSR count). The van der Waals surface area contributed by atoms with E-state index in [-0.39, 0.29) is 17.0 Å². The molecule has 2 N–H and O–H groups in total. The number of piperidine rings is 1. The van der Waals surface area contributed by atoms with E-state index in [1.165, 1.54) is 6.07 Å². The van der Waals surface area contributed by atoms with Gasteiger partial charge in [0.05, 0.1) is 9.92 Å². The minimum absolute atomic E-state index is 0.0312. The molecular formula is C15H21ClN2O3S. The van der Waals surface area contributed by atoms with Crippen LogP contribution in [0.2, 0.25) is 5.02 Å². The largest absolute Gasteiger partial charge is 0.489 e. The summed E-state index contributed by atoms with van der Waals surface area (Å²) < 4.78 is 33.6. The zero-order valence-electron chi connectivity index (χ0n) is 12.7. The van der Waals surface area contributed by atoms with Crippen LogP contribution in [-0.4, -0.2) is 33.2 Å². The molecule has 122 valence electrons. The van der Waals surface area contributed by atoms with Crippen LogP contribution in [0, 0.1) is 0 Å². The molecule has 1 saturated heterocycles. The molecule has 0 amide bonds. The SMILES string of the molecule is CC1CC(NS(=O)(=O)c2cc(Cl)c3c(c2)CC(C)O3)CCN1. The van der Waals surface area contributed by atoms with E-state index in [9.17, 15) is 8.42 Å². The van der Waals surface area contributed by atoms with Crippen LogP contribution in [-0.2, 0) is 16.4 Å². The maximum Gasteiger partial charge on any atom is 0.240 e. The minimum atomic E-state index is -3.56. The van der Waals surface area contributed by atoms with Gasteiger partial charge in [-0.15, -0.1) is 0 Å². The molecule has 0 radical (unpaired) electrons. The number of ether oxygens (including phenoxy) is 1. The van der Waals surface area contributed by atoms with Crippen LogP contribution < -0.4 is 14.8 Å². The monoisotopic (exact) mass is 344 g/mol. The van der Waals surface area contributed by atoms with Gasteiger partial charge < -0.3 is 10.1 Å². The third-order valence-corrected chi connectivity index (χ3v) is 5.96. The molecule has 1 aromatic rings. The molecule has 3 atom stereocenters. The number of hydrogen-bond donors (Lipinski definition) is 2. The molecule has 5 nitrogen and oxygen atoms in total. The van der Waals surface area contributed by atoms with E-state index in [4.69, 9.17) is 16.3 Å². The summed E-state index contributed by atoms with van der Waals surface area (Å²) in [6, 6.07) is 3.44. The quantitative estimate of drug-likeness (QED) is 0.881. The smallest absolute Gasteiger partial charge is 0.240 e. The Kier molecular flexibility index (Phi) is 4.38. The lowest BCUT2D eigenvalue weighted by Crippen LogP contribution is -2.46. The molecule has 0 saturated carbocycles. The summed E-state index contributed by atoms with van der Waals surface area (Å²) in [5.41, 5.74) is 0.860. The first-order valence-electron chi connectivity index (χ1n) is 7.60. The fourth-order valence-corrected chi connectivity index (χ4v) is 4.85. The van der Waals surface area contributed by atoms with Crippen LogP contribution in [0.4, 0.5) is 0 Å². The van der Waals surface area contributed by atoms with Crippen molar-refractivity contribution in [2.45, 2.75) is 56.2 Å². The van der Waals surface area contributed by atoms with E-state index in [2.05, 4.69) is 17.0 Å². The van der Waals surface area contributed by atoms with E-state index < -0.39 is 10.0 Å². The Morgan fingerprint density at radius 2 is 2.14 bits per heavy atom. The summed E-state index contributed by atoms with van der Waals surface area (Å²) in [6.07, 6.45) is 2.30. The van der Waals surface area contributed by atoms with Gasteiger partial charge in [-0.3, -0.25) is 0 Å². The van der Waals surface area contributed by atoms with E-state index in [0.29, 0.717) is 23.2 Å². The first-order valence-corrected chi connectivity index (χ1v) is 9.46. The van der Waals surface area contributed by atoms with Crippen LogP contribution in [0.3, 0.4) is 0 Å². The summed E-state index contributed by atoms with van der Waals surface area (Å²) in [4.78, 5) is 0.222. The summed E-state index contributed by atoms with van der Waals surface area (Å²) in [5.74, 6) is 0.614. The molecule has 0 aromatic heterocycles. The lowest BCUT2D eigenvalue weighted by atomic mass is 10.0. The predicted molar refractivity (Wildman–Crippen MR) is 86.1 cm³/mol. The van der Waals surface area contributed by atoms with Crippen LogP contribution in [0.15, 0.2) is 17.0 Å². The fourth-order valence-electron chi connectivity index (χ4n) is 3.14. The van der Waals surface area contributed by atoms with E-state index in [0.717, 1.165) is 24.9 Å². The number of nitrogens with one attached hydrogen (secondary N) is 2. The number of hydrogen-bond acceptors (Lipinski definition) is 4. The van der Waals surface area contributed by atoms with Gasteiger partial charge in [0, 0.05) is 24.1 Å². The van der Waals surface area contributed by atoms with Crippen LogP contribution >= 0.6 is 11.6 Å². The molecule has 2 aliphatic heterocycles. The third-order valence-electron chi connectivity index (χ3n) is 4.18.